The van der Waals surface area contributed by atoms with Crippen LogP contribution in [-0.4, -0.2) is 11.0 Å². The quantitative estimate of drug-likeness (QED) is 0.802. The number of hydrogen-bond donors (Lipinski definition) is 1. The topological polar surface area (TPSA) is 38.9 Å². The summed E-state index contributed by atoms with van der Waals surface area (Å²) >= 11 is 6.10. The standard InChI is InChI=1S/C13H17ClN2/c14-13-9-16-6-5-11(13)7-10-3-1-2-4-12(15)8-10/h5-6,8-9,12H,1-4,7,15H2. The average Bonchev–Trinajstić information content (AvgIpc) is 2.46. The minimum Gasteiger partial charge on any atom is -0.324 e. The first-order chi connectivity index (χ1) is 7.75. The molecule has 0 saturated carbocycles. The van der Waals surface area contributed by atoms with Crippen molar-refractivity contribution < 1.29 is 0 Å². The van der Waals surface area contributed by atoms with Gasteiger partial charge in [0.05, 0.1) is 5.02 Å². The Morgan fingerprint density at radius 3 is 3.12 bits per heavy atom. The summed E-state index contributed by atoms with van der Waals surface area (Å²) in [5.41, 5.74) is 8.56. The van der Waals surface area contributed by atoms with E-state index in [2.05, 4.69) is 11.1 Å². The van der Waals surface area contributed by atoms with Crippen molar-refractivity contribution in [3.05, 3.63) is 40.7 Å². The summed E-state index contributed by atoms with van der Waals surface area (Å²) in [5, 5.41) is 0.751. The number of pyridine rings is 1. The lowest BCUT2D eigenvalue weighted by molar-refractivity contribution is 0.654. The lowest BCUT2D eigenvalue weighted by atomic mass is 10.0. The van der Waals surface area contributed by atoms with Gasteiger partial charge in [-0.25, -0.2) is 0 Å². The fraction of sp³-hybridized carbons (Fsp3) is 0.462. The first kappa shape index (κ1) is 11.6. The van der Waals surface area contributed by atoms with Crippen LogP contribution in [0.15, 0.2) is 30.1 Å². The highest BCUT2D eigenvalue weighted by atomic mass is 35.5. The van der Waals surface area contributed by atoms with Crippen LogP contribution in [0.4, 0.5) is 0 Å². The van der Waals surface area contributed by atoms with Crippen LogP contribution < -0.4 is 5.73 Å². The predicted octanol–water partition coefficient (Wildman–Crippen LogP) is 3.11. The summed E-state index contributed by atoms with van der Waals surface area (Å²) in [7, 11) is 0. The minimum absolute atomic E-state index is 0.220. The summed E-state index contributed by atoms with van der Waals surface area (Å²) in [6.45, 7) is 0. The maximum atomic E-state index is 6.10. The fourth-order valence-electron chi connectivity index (χ4n) is 2.14. The zero-order chi connectivity index (χ0) is 11.4. The van der Waals surface area contributed by atoms with Crippen LogP contribution in [0.3, 0.4) is 0 Å². The Balaban J connectivity index is 2.11. The van der Waals surface area contributed by atoms with Gasteiger partial charge in [0.15, 0.2) is 0 Å². The van der Waals surface area contributed by atoms with Gasteiger partial charge in [-0.2, -0.15) is 0 Å². The first-order valence-electron chi connectivity index (χ1n) is 5.79. The Morgan fingerprint density at radius 2 is 2.31 bits per heavy atom. The summed E-state index contributed by atoms with van der Waals surface area (Å²) in [4.78, 5) is 4.00. The zero-order valence-electron chi connectivity index (χ0n) is 9.32. The van der Waals surface area contributed by atoms with Gasteiger partial charge in [0.1, 0.15) is 0 Å². The van der Waals surface area contributed by atoms with E-state index >= 15 is 0 Å². The van der Waals surface area contributed by atoms with E-state index in [9.17, 15) is 0 Å². The van der Waals surface area contributed by atoms with Gasteiger partial charge < -0.3 is 5.73 Å². The molecule has 0 amide bonds. The monoisotopic (exact) mass is 236 g/mol. The third kappa shape index (κ3) is 3.06. The van der Waals surface area contributed by atoms with E-state index in [1.807, 2.05) is 6.07 Å². The molecule has 1 aliphatic carbocycles. The predicted molar refractivity (Wildman–Crippen MR) is 67.5 cm³/mol. The SMILES string of the molecule is NC1C=C(Cc2ccncc2Cl)CCCC1. The van der Waals surface area contributed by atoms with Gasteiger partial charge >= 0.3 is 0 Å². The molecule has 1 atom stereocenters. The molecule has 0 aromatic carbocycles. The zero-order valence-corrected chi connectivity index (χ0v) is 10.1. The number of nitrogens with two attached hydrogens (primary N) is 1. The molecule has 1 aromatic rings. The lowest BCUT2D eigenvalue weighted by Gasteiger charge is -2.08. The molecule has 0 bridgehead atoms. The number of halogens is 1. The smallest absolute Gasteiger partial charge is 0.0624 e. The number of aromatic nitrogens is 1. The van der Waals surface area contributed by atoms with Crippen LogP contribution in [-0.2, 0) is 6.42 Å². The molecule has 1 heterocycles. The molecule has 2 N–H and O–H groups in total. The largest absolute Gasteiger partial charge is 0.324 e. The van der Waals surface area contributed by atoms with Crippen LogP contribution in [0, 0.1) is 0 Å². The molecule has 3 heteroatoms. The molecular formula is C13H17ClN2. The maximum Gasteiger partial charge on any atom is 0.0624 e. The van der Waals surface area contributed by atoms with Crippen molar-refractivity contribution in [1.82, 2.24) is 4.98 Å². The highest BCUT2D eigenvalue weighted by Gasteiger charge is 2.10. The van der Waals surface area contributed by atoms with Crippen LogP contribution in [0.2, 0.25) is 5.02 Å². The minimum atomic E-state index is 0.220. The van der Waals surface area contributed by atoms with Gasteiger partial charge in [0.2, 0.25) is 0 Å². The molecule has 1 aromatic heterocycles. The van der Waals surface area contributed by atoms with E-state index in [1.165, 1.54) is 18.4 Å². The van der Waals surface area contributed by atoms with Crippen molar-refractivity contribution in [2.24, 2.45) is 5.73 Å². The van der Waals surface area contributed by atoms with Crippen molar-refractivity contribution in [3.63, 3.8) is 0 Å². The molecule has 16 heavy (non-hydrogen) atoms. The third-order valence-corrected chi connectivity index (χ3v) is 3.35. The van der Waals surface area contributed by atoms with Gasteiger partial charge in [0.25, 0.3) is 0 Å². The molecule has 0 aliphatic heterocycles. The van der Waals surface area contributed by atoms with Gasteiger partial charge in [-0.1, -0.05) is 29.7 Å². The maximum absolute atomic E-state index is 6.10. The van der Waals surface area contributed by atoms with E-state index in [1.54, 1.807) is 12.4 Å². The van der Waals surface area contributed by atoms with Gasteiger partial charge in [0, 0.05) is 18.4 Å². The normalized spacial score (nSPS) is 21.4. The van der Waals surface area contributed by atoms with Gasteiger partial charge in [-0.05, 0) is 37.3 Å². The van der Waals surface area contributed by atoms with Crippen molar-refractivity contribution in [1.29, 1.82) is 0 Å². The second kappa shape index (κ2) is 5.46. The van der Waals surface area contributed by atoms with Crippen LogP contribution in [0.5, 0.6) is 0 Å². The molecule has 86 valence electrons. The molecule has 0 saturated heterocycles. The number of nitrogens with zero attached hydrogens (tertiary/aromatic N) is 1. The van der Waals surface area contributed by atoms with Crippen LogP contribution >= 0.6 is 11.6 Å². The molecule has 0 radical (unpaired) electrons. The Hall–Kier alpha value is -0.860. The highest BCUT2D eigenvalue weighted by Crippen LogP contribution is 2.23. The lowest BCUT2D eigenvalue weighted by Crippen LogP contribution is -2.16. The van der Waals surface area contributed by atoms with Gasteiger partial charge in [-0.15, -0.1) is 0 Å². The third-order valence-electron chi connectivity index (χ3n) is 3.01. The van der Waals surface area contributed by atoms with Gasteiger partial charge in [-0.3, -0.25) is 4.98 Å². The van der Waals surface area contributed by atoms with Crippen LogP contribution in [0.1, 0.15) is 31.2 Å². The Labute approximate surface area is 102 Å². The van der Waals surface area contributed by atoms with E-state index in [0.717, 1.165) is 29.8 Å². The van der Waals surface area contributed by atoms with E-state index < -0.39 is 0 Å². The second-order valence-electron chi connectivity index (χ2n) is 4.38. The summed E-state index contributed by atoms with van der Waals surface area (Å²) in [5.74, 6) is 0. The van der Waals surface area contributed by atoms with E-state index in [0.29, 0.717) is 0 Å². The van der Waals surface area contributed by atoms with Crippen molar-refractivity contribution >= 4 is 11.6 Å². The molecule has 0 fully saturated rings. The number of allylic oxidation sites excluding steroid dienone is 1. The van der Waals surface area contributed by atoms with Crippen LogP contribution in [0.25, 0.3) is 0 Å². The summed E-state index contributed by atoms with van der Waals surface area (Å²) < 4.78 is 0. The van der Waals surface area contributed by atoms with Crippen molar-refractivity contribution in [2.75, 3.05) is 0 Å². The number of rotatable bonds is 2. The highest BCUT2D eigenvalue weighted by molar-refractivity contribution is 6.31. The molecule has 2 nitrogen and oxygen atoms in total. The fourth-order valence-corrected chi connectivity index (χ4v) is 2.33. The Morgan fingerprint density at radius 1 is 1.44 bits per heavy atom. The number of hydrogen-bond acceptors (Lipinski definition) is 2. The van der Waals surface area contributed by atoms with E-state index in [4.69, 9.17) is 17.3 Å². The first-order valence-corrected chi connectivity index (χ1v) is 6.17. The Bertz CT molecular complexity index is 387. The molecule has 1 unspecified atom stereocenters. The van der Waals surface area contributed by atoms with E-state index in [-0.39, 0.29) is 6.04 Å². The summed E-state index contributed by atoms with van der Waals surface area (Å²) in [6.07, 6.45) is 11.3. The molecular weight excluding hydrogens is 220 g/mol. The molecule has 0 spiro atoms. The average molecular weight is 237 g/mol. The Kier molecular flexibility index (Phi) is 3.97. The summed E-state index contributed by atoms with van der Waals surface area (Å²) in [6, 6.07) is 2.21. The molecule has 1 aliphatic rings. The second-order valence-corrected chi connectivity index (χ2v) is 4.79. The molecule has 2 rings (SSSR count). The van der Waals surface area contributed by atoms with Crippen molar-refractivity contribution in [2.45, 2.75) is 38.1 Å². The van der Waals surface area contributed by atoms with Crippen molar-refractivity contribution in [3.8, 4) is 0 Å².